The number of nitrogens with zero attached hydrogens (tertiary/aromatic N) is 1. The van der Waals surface area contributed by atoms with E-state index in [9.17, 15) is 18.3 Å². The molecule has 0 bridgehead atoms. The number of thiol groups is 1. The van der Waals surface area contributed by atoms with Gasteiger partial charge >= 0.3 is 0 Å². The zero-order valence-electron chi connectivity index (χ0n) is 20.3. The molecule has 0 aliphatic heterocycles. The molecule has 0 aliphatic carbocycles. The lowest BCUT2D eigenvalue weighted by molar-refractivity contribution is -0.121. The van der Waals surface area contributed by atoms with E-state index in [1.807, 2.05) is 51.1 Å². The Kier molecular flexibility index (Phi) is 9.04. The number of rotatable bonds is 12. The summed E-state index contributed by atoms with van der Waals surface area (Å²) >= 11 is 4.25. The highest BCUT2D eigenvalue weighted by atomic mass is 32.2. The monoisotopic (exact) mass is 518 g/mol. The molecule has 35 heavy (non-hydrogen) atoms. The van der Waals surface area contributed by atoms with Gasteiger partial charge in [0.25, 0.3) is 0 Å². The first-order chi connectivity index (χ1) is 16.5. The van der Waals surface area contributed by atoms with Crippen LogP contribution in [0.1, 0.15) is 39.2 Å². The van der Waals surface area contributed by atoms with Gasteiger partial charge in [0.1, 0.15) is 11.3 Å². The van der Waals surface area contributed by atoms with Crippen LogP contribution in [0.5, 0.6) is 0 Å². The summed E-state index contributed by atoms with van der Waals surface area (Å²) in [6, 6.07) is 15.6. The summed E-state index contributed by atoms with van der Waals surface area (Å²) in [5, 5.41) is 15.4. The van der Waals surface area contributed by atoms with E-state index >= 15 is 0 Å². The van der Waals surface area contributed by atoms with Gasteiger partial charge in [0, 0.05) is 43.0 Å². The summed E-state index contributed by atoms with van der Waals surface area (Å²) < 4.78 is 34.4. The molecule has 1 heterocycles. The van der Waals surface area contributed by atoms with E-state index in [0.29, 0.717) is 11.0 Å². The molecule has 190 valence electrons. The Bertz CT molecular complexity index is 1220. The maximum Gasteiger partial charge on any atom is 0.245 e. The lowest BCUT2D eigenvalue weighted by atomic mass is 9.98. The first kappa shape index (κ1) is 27.3. The average Bonchev–Trinajstić information content (AvgIpc) is 3.25. The van der Waals surface area contributed by atoms with E-state index < -0.39 is 15.7 Å². The number of hydrogen-bond donors (Lipinski definition) is 3. The predicted octanol–water partition coefficient (Wildman–Crippen LogP) is 4.23. The summed E-state index contributed by atoms with van der Waals surface area (Å²) in [5.74, 6) is -0.248. The van der Waals surface area contributed by atoms with Gasteiger partial charge in [-0.15, -0.1) is 0 Å². The summed E-state index contributed by atoms with van der Waals surface area (Å²) in [5.41, 5.74) is -0.394. The molecule has 0 saturated heterocycles. The molecule has 0 radical (unpaired) electrons. The van der Waals surface area contributed by atoms with Crippen LogP contribution in [0, 0.1) is 5.92 Å². The minimum atomic E-state index is -4.10. The van der Waals surface area contributed by atoms with E-state index in [1.54, 1.807) is 18.2 Å². The van der Waals surface area contributed by atoms with Crippen molar-refractivity contribution < 1.29 is 22.7 Å². The van der Waals surface area contributed by atoms with Gasteiger partial charge in [0.15, 0.2) is 0 Å². The van der Waals surface area contributed by atoms with Crippen molar-refractivity contribution in [2.45, 2.75) is 55.9 Å². The molecule has 2 N–H and O–H groups in total. The van der Waals surface area contributed by atoms with Crippen LogP contribution in [-0.4, -0.2) is 47.8 Å². The molecule has 0 saturated carbocycles. The van der Waals surface area contributed by atoms with Gasteiger partial charge in [-0.1, -0.05) is 51.1 Å². The van der Waals surface area contributed by atoms with Gasteiger partial charge in [0.05, 0.1) is 11.2 Å². The van der Waals surface area contributed by atoms with Crippen molar-refractivity contribution in [2.75, 3.05) is 13.1 Å². The fourth-order valence-electron chi connectivity index (χ4n) is 4.02. The number of carbonyl (C=O) groups is 1. The number of amides is 1. The number of sulfonamides is 1. The van der Waals surface area contributed by atoms with Gasteiger partial charge in [-0.25, -0.2) is 8.42 Å². The highest BCUT2D eigenvalue weighted by molar-refractivity contribution is 7.89. The summed E-state index contributed by atoms with van der Waals surface area (Å²) in [7, 11) is -4.10. The summed E-state index contributed by atoms with van der Waals surface area (Å²) in [4.78, 5) is 12.3. The maximum absolute atomic E-state index is 14.0. The van der Waals surface area contributed by atoms with E-state index in [4.69, 9.17) is 4.42 Å². The van der Waals surface area contributed by atoms with Crippen molar-refractivity contribution in [1.82, 2.24) is 9.62 Å². The summed E-state index contributed by atoms with van der Waals surface area (Å²) in [6.07, 6.45) is 1.84. The fourth-order valence-corrected chi connectivity index (χ4v) is 6.06. The second-order valence-corrected chi connectivity index (χ2v) is 12.1. The Labute approximate surface area is 213 Å². The zero-order valence-corrected chi connectivity index (χ0v) is 22.1. The van der Waals surface area contributed by atoms with Crippen LogP contribution in [0.15, 0.2) is 70.2 Å². The Morgan fingerprint density at radius 2 is 1.86 bits per heavy atom. The lowest BCUT2D eigenvalue weighted by Gasteiger charge is -2.40. The Hall–Kier alpha value is -2.33. The highest BCUT2D eigenvalue weighted by Crippen LogP contribution is 2.31. The van der Waals surface area contributed by atoms with Gasteiger partial charge in [-0.3, -0.25) is 4.79 Å². The molecule has 2 unspecified atom stereocenters. The van der Waals surface area contributed by atoms with E-state index in [1.165, 1.54) is 16.6 Å². The Morgan fingerprint density at radius 1 is 1.14 bits per heavy atom. The van der Waals surface area contributed by atoms with Crippen molar-refractivity contribution in [1.29, 1.82) is 0 Å². The molecule has 0 aliphatic rings. The van der Waals surface area contributed by atoms with Crippen LogP contribution in [0.3, 0.4) is 0 Å². The molecular weight excluding hydrogens is 484 g/mol. The van der Waals surface area contributed by atoms with Crippen molar-refractivity contribution >= 4 is 39.5 Å². The van der Waals surface area contributed by atoms with Crippen LogP contribution in [-0.2, 0) is 21.2 Å². The molecular formula is C26H34N2O5S2. The van der Waals surface area contributed by atoms with Gasteiger partial charge < -0.3 is 14.8 Å². The van der Waals surface area contributed by atoms with Crippen LogP contribution in [0.4, 0.5) is 0 Å². The minimum Gasteiger partial charge on any atom is -0.464 e. The smallest absolute Gasteiger partial charge is 0.245 e. The quantitative estimate of drug-likeness (QED) is 0.246. The van der Waals surface area contributed by atoms with Gasteiger partial charge in [0.2, 0.25) is 15.9 Å². The van der Waals surface area contributed by atoms with E-state index in [2.05, 4.69) is 17.9 Å². The largest absolute Gasteiger partial charge is 0.464 e. The molecule has 1 amide bonds. The van der Waals surface area contributed by atoms with Gasteiger partial charge in [-0.05, 0) is 35.7 Å². The molecule has 2 atom stereocenters. The molecule has 0 fully saturated rings. The molecule has 1 aromatic heterocycles. The Morgan fingerprint density at radius 3 is 2.51 bits per heavy atom. The SMILES string of the molecule is CC(C)CN(C(O)(CCNC(=O)CC(C)S)Cc1ccccc1)S(=O)(=O)c1ccc2occc2c1. The number of hydrogen-bond acceptors (Lipinski definition) is 6. The normalized spacial score (nSPS) is 14.8. The number of carbonyl (C=O) groups excluding carboxylic acids is 1. The second kappa shape index (κ2) is 11.6. The predicted molar refractivity (Wildman–Crippen MR) is 141 cm³/mol. The maximum atomic E-state index is 14.0. The van der Waals surface area contributed by atoms with Crippen LogP contribution >= 0.6 is 12.6 Å². The first-order valence-corrected chi connectivity index (χ1v) is 13.7. The number of nitrogens with one attached hydrogen (secondary N) is 1. The lowest BCUT2D eigenvalue weighted by Crippen LogP contribution is -2.55. The van der Waals surface area contributed by atoms with Crippen molar-refractivity contribution in [3.05, 3.63) is 66.4 Å². The first-order valence-electron chi connectivity index (χ1n) is 11.7. The topological polar surface area (TPSA) is 99.9 Å². The van der Waals surface area contributed by atoms with Crippen LogP contribution in [0.25, 0.3) is 11.0 Å². The zero-order chi connectivity index (χ0) is 25.6. The fraction of sp³-hybridized carbons (Fsp3) is 0.423. The number of furan rings is 1. The standard InChI is InChI=1S/C26H34N2O5S2/c1-19(2)18-28(35(31,32)23-9-10-24-22(16-23)11-14-33-24)26(30,17-21-7-5-4-6-8-21)12-13-27-25(29)15-20(3)34/h4-11,14,16,19-20,30,34H,12-13,15,17-18H2,1-3H3,(H,27,29). The Balaban J connectivity index is 1.99. The second-order valence-electron chi connectivity index (χ2n) is 9.35. The molecule has 7 nitrogen and oxygen atoms in total. The molecule has 0 spiro atoms. The van der Waals surface area contributed by atoms with Crippen molar-refractivity contribution in [3.63, 3.8) is 0 Å². The third-order valence-corrected chi connectivity index (χ3v) is 7.77. The van der Waals surface area contributed by atoms with Crippen LogP contribution < -0.4 is 5.32 Å². The number of aliphatic hydroxyl groups is 1. The van der Waals surface area contributed by atoms with E-state index in [0.717, 1.165) is 5.56 Å². The minimum absolute atomic E-state index is 0.0223. The van der Waals surface area contributed by atoms with Gasteiger partial charge in [-0.2, -0.15) is 16.9 Å². The molecule has 2 aromatic carbocycles. The van der Waals surface area contributed by atoms with Crippen molar-refractivity contribution in [2.24, 2.45) is 5.92 Å². The summed E-state index contributed by atoms with van der Waals surface area (Å²) in [6.45, 7) is 5.85. The molecule has 9 heteroatoms. The highest BCUT2D eigenvalue weighted by Gasteiger charge is 2.43. The number of benzene rings is 2. The number of fused-ring (bicyclic) bond motifs is 1. The molecule has 3 aromatic rings. The van der Waals surface area contributed by atoms with Crippen molar-refractivity contribution in [3.8, 4) is 0 Å². The average molecular weight is 519 g/mol. The third kappa shape index (κ3) is 7.10. The van der Waals surface area contributed by atoms with Crippen LogP contribution in [0.2, 0.25) is 0 Å². The molecule has 3 rings (SSSR count). The third-order valence-electron chi connectivity index (χ3n) is 5.67. The van der Waals surface area contributed by atoms with E-state index in [-0.39, 0.29) is 54.3 Å².